The van der Waals surface area contributed by atoms with Crippen molar-refractivity contribution in [3.8, 4) is 0 Å². The van der Waals surface area contributed by atoms with Crippen molar-refractivity contribution in [2.24, 2.45) is 0 Å². The van der Waals surface area contributed by atoms with Gasteiger partial charge in [0.2, 0.25) is 5.82 Å². The number of hydrogen-bond donors (Lipinski definition) is 0. The van der Waals surface area contributed by atoms with Crippen LogP contribution < -0.4 is 0 Å². The first kappa shape index (κ1) is 10.0. The highest BCUT2D eigenvalue weighted by Gasteiger charge is 2.29. The van der Waals surface area contributed by atoms with Crippen molar-refractivity contribution in [3.63, 3.8) is 0 Å². The van der Waals surface area contributed by atoms with Gasteiger partial charge in [0.1, 0.15) is 0 Å². The van der Waals surface area contributed by atoms with Gasteiger partial charge in [0.15, 0.2) is 0 Å². The molecule has 0 atom stereocenters. The third-order valence-electron chi connectivity index (χ3n) is 1.22. The SMILES string of the molecule is CCCn1nnnc1C(Cl)(Cl)Cl. The van der Waals surface area contributed by atoms with Gasteiger partial charge in [-0.25, -0.2) is 4.68 Å². The van der Waals surface area contributed by atoms with E-state index in [9.17, 15) is 0 Å². The van der Waals surface area contributed by atoms with E-state index in [1.165, 1.54) is 4.68 Å². The first-order valence-electron chi connectivity index (χ1n) is 3.39. The summed E-state index contributed by atoms with van der Waals surface area (Å²) in [7, 11) is 0. The van der Waals surface area contributed by atoms with Gasteiger partial charge in [-0.05, 0) is 16.8 Å². The molecule has 1 aromatic rings. The summed E-state index contributed by atoms with van der Waals surface area (Å²) in [5.41, 5.74) is 0. The van der Waals surface area contributed by atoms with Crippen LogP contribution in [0, 0.1) is 0 Å². The molecule has 0 fully saturated rings. The van der Waals surface area contributed by atoms with Crippen molar-refractivity contribution in [1.82, 2.24) is 20.2 Å². The van der Waals surface area contributed by atoms with Crippen LogP contribution in [0.15, 0.2) is 0 Å². The average molecular weight is 229 g/mol. The molecule has 0 saturated heterocycles. The first-order chi connectivity index (χ1) is 5.55. The Morgan fingerprint density at radius 1 is 1.42 bits per heavy atom. The molecular formula is C5H7Cl3N4. The van der Waals surface area contributed by atoms with Gasteiger partial charge >= 0.3 is 0 Å². The molecule has 4 nitrogen and oxygen atoms in total. The standard InChI is InChI=1S/C5H7Cl3N4/c1-2-3-12-4(5(6,7)8)9-10-11-12/h2-3H2,1H3. The highest BCUT2D eigenvalue weighted by atomic mass is 35.6. The Kier molecular flexibility index (Phi) is 3.15. The first-order valence-corrected chi connectivity index (χ1v) is 4.52. The molecule has 0 saturated carbocycles. The zero-order chi connectivity index (χ0) is 9.19. The fourth-order valence-electron chi connectivity index (χ4n) is 0.770. The topological polar surface area (TPSA) is 43.6 Å². The zero-order valence-electron chi connectivity index (χ0n) is 6.34. The van der Waals surface area contributed by atoms with Crippen LogP contribution in [0.25, 0.3) is 0 Å². The number of alkyl halides is 3. The summed E-state index contributed by atoms with van der Waals surface area (Å²) in [6.45, 7) is 2.64. The normalized spacial score (nSPS) is 12.0. The van der Waals surface area contributed by atoms with Crippen molar-refractivity contribution in [3.05, 3.63) is 5.82 Å². The van der Waals surface area contributed by atoms with E-state index in [2.05, 4.69) is 15.5 Å². The van der Waals surface area contributed by atoms with Gasteiger partial charge in [-0.1, -0.05) is 41.7 Å². The zero-order valence-corrected chi connectivity index (χ0v) is 8.60. The molecule has 0 N–H and O–H groups in total. The molecule has 0 amide bonds. The maximum absolute atomic E-state index is 5.61. The van der Waals surface area contributed by atoms with Crippen LogP contribution >= 0.6 is 34.8 Å². The molecule has 1 heterocycles. The second-order valence-electron chi connectivity index (χ2n) is 2.22. The predicted molar refractivity (Wildman–Crippen MR) is 47.3 cm³/mol. The summed E-state index contributed by atoms with van der Waals surface area (Å²) < 4.78 is -0.0638. The molecule has 0 unspecified atom stereocenters. The van der Waals surface area contributed by atoms with Crippen LogP contribution in [-0.2, 0) is 10.3 Å². The van der Waals surface area contributed by atoms with Gasteiger partial charge in [0.25, 0.3) is 3.79 Å². The molecule has 0 aliphatic carbocycles. The van der Waals surface area contributed by atoms with Crippen LogP contribution in [0.3, 0.4) is 0 Å². The van der Waals surface area contributed by atoms with E-state index >= 15 is 0 Å². The number of rotatable bonds is 2. The molecular weight excluding hydrogens is 222 g/mol. The highest BCUT2D eigenvalue weighted by molar-refractivity contribution is 6.66. The van der Waals surface area contributed by atoms with Crippen molar-refractivity contribution in [1.29, 1.82) is 0 Å². The smallest absolute Gasteiger partial charge is 0.226 e. The minimum absolute atomic E-state index is 0.259. The van der Waals surface area contributed by atoms with Crippen LogP contribution in [0.1, 0.15) is 19.2 Å². The Balaban J connectivity index is 2.91. The fraction of sp³-hybridized carbons (Fsp3) is 0.800. The van der Waals surface area contributed by atoms with E-state index in [1.54, 1.807) is 0 Å². The minimum Gasteiger partial charge on any atom is -0.226 e. The summed E-state index contributed by atoms with van der Waals surface area (Å²) in [6.07, 6.45) is 0.888. The molecule has 68 valence electrons. The van der Waals surface area contributed by atoms with Gasteiger partial charge in [0.05, 0.1) is 0 Å². The van der Waals surface area contributed by atoms with Crippen molar-refractivity contribution >= 4 is 34.8 Å². The average Bonchev–Trinajstić information content (AvgIpc) is 2.34. The third kappa shape index (κ3) is 2.21. The second kappa shape index (κ2) is 3.77. The Bertz CT molecular complexity index is 253. The molecule has 0 aliphatic heterocycles. The number of tetrazole rings is 1. The molecule has 1 aromatic heterocycles. The molecule has 0 radical (unpaired) electrons. The van der Waals surface area contributed by atoms with Gasteiger partial charge in [-0.15, -0.1) is 5.10 Å². The number of nitrogens with zero attached hydrogens (tertiary/aromatic N) is 4. The van der Waals surface area contributed by atoms with E-state index in [-0.39, 0.29) is 5.82 Å². The van der Waals surface area contributed by atoms with Gasteiger partial charge in [-0.3, -0.25) is 0 Å². The predicted octanol–water partition coefficient (Wildman–Crippen LogP) is 1.91. The Hall–Kier alpha value is -0.0600. The van der Waals surface area contributed by atoms with Gasteiger partial charge in [-0.2, -0.15) is 0 Å². The fourth-order valence-corrected chi connectivity index (χ4v) is 1.18. The summed E-state index contributed by atoms with van der Waals surface area (Å²) in [6, 6.07) is 0. The van der Waals surface area contributed by atoms with Gasteiger partial charge in [0, 0.05) is 6.54 Å². The summed E-state index contributed by atoms with van der Waals surface area (Å²) in [5.74, 6) is 0.259. The number of halogens is 3. The van der Waals surface area contributed by atoms with Gasteiger partial charge < -0.3 is 0 Å². The van der Waals surface area contributed by atoms with Crippen LogP contribution in [0.5, 0.6) is 0 Å². The third-order valence-corrected chi connectivity index (χ3v) is 1.73. The second-order valence-corrected chi connectivity index (χ2v) is 4.50. The maximum atomic E-state index is 5.61. The van der Waals surface area contributed by atoms with E-state index < -0.39 is 3.79 Å². The Morgan fingerprint density at radius 2 is 2.08 bits per heavy atom. The van der Waals surface area contributed by atoms with E-state index in [4.69, 9.17) is 34.8 Å². The molecule has 0 bridgehead atoms. The minimum atomic E-state index is -1.54. The Morgan fingerprint density at radius 3 is 2.58 bits per heavy atom. The highest BCUT2D eigenvalue weighted by Crippen LogP contribution is 2.36. The lowest BCUT2D eigenvalue weighted by molar-refractivity contribution is 0.558. The van der Waals surface area contributed by atoms with Crippen LogP contribution in [0.2, 0.25) is 0 Å². The van der Waals surface area contributed by atoms with Crippen molar-refractivity contribution in [2.75, 3.05) is 0 Å². The molecule has 1 rings (SSSR count). The monoisotopic (exact) mass is 228 g/mol. The van der Waals surface area contributed by atoms with Crippen LogP contribution in [0.4, 0.5) is 0 Å². The lowest BCUT2D eigenvalue weighted by Gasteiger charge is -2.09. The van der Waals surface area contributed by atoms with E-state index in [0.29, 0.717) is 6.54 Å². The summed E-state index contributed by atoms with van der Waals surface area (Å²) in [5, 5.41) is 10.7. The lowest BCUT2D eigenvalue weighted by atomic mass is 10.5. The molecule has 7 heteroatoms. The molecule has 0 aliphatic rings. The maximum Gasteiger partial charge on any atom is 0.251 e. The Labute approximate surface area is 84.8 Å². The number of aromatic nitrogens is 4. The van der Waals surface area contributed by atoms with Crippen molar-refractivity contribution < 1.29 is 0 Å². The van der Waals surface area contributed by atoms with E-state index in [0.717, 1.165) is 6.42 Å². The molecule has 0 aromatic carbocycles. The number of aryl methyl sites for hydroxylation is 1. The summed E-state index contributed by atoms with van der Waals surface area (Å²) in [4.78, 5) is 0. The molecule has 0 spiro atoms. The van der Waals surface area contributed by atoms with E-state index in [1.807, 2.05) is 6.92 Å². The largest absolute Gasteiger partial charge is 0.251 e. The lowest BCUT2D eigenvalue weighted by Crippen LogP contribution is -2.13. The summed E-state index contributed by atoms with van der Waals surface area (Å²) >= 11 is 16.8. The van der Waals surface area contributed by atoms with Crippen LogP contribution in [-0.4, -0.2) is 20.2 Å². The van der Waals surface area contributed by atoms with Crippen molar-refractivity contribution in [2.45, 2.75) is 23.7 Å². The number of hydrogen-bond acceptors (Lipinski definition) is 3. The quantitative estimate of drug-likeness (QED) is 0.728. The molecule has 12 heavy (non-hydrogen) atoms.